The molecule has 130 valence electrons. The van der Waals surface area contributed by atoms with E-state index in [4.69, 9.17) is 9.15 Å². The molecule has 1 aliphatic heterocycles. The molecule has 4 rings (SSSR count). The van der Waals surface area contributed by atoms with Crippen molar-refractivity contribution in [3.8, 4) is 11.5 Å². The number of nitrogens with zero attached hydrogens (tertiary/aromatic N) is 2. The topological polar surface area (TPSA) is 60.2 Å². The van der Waals surface area contributed by atoms with Gasteiger partial charge >= 0.3 is 6.18 Å². The van der Waals surface area contributed by atoms with E-state index in [-0.39, 0.29) is 12.0 Å². The molecule has 3 heterocycles. The van der Waals surface area contributed by atoms with Gasteiger partial charge in [-0.25, -0.2) is 4.98 Å². The van der Waals surface area contributed by atoms with Crippen molar-refractivity contribution in [1.82, 2.24) is 15.3 Å². The van der Waals surface area contributed by atoms with Crippen molar-refractivity contribution < 1.29 is 22.3 Å². The maximum absolute atomic E-state index is 12.6. The maximum Gasteiger partial charge on any atom is 0.433 e. The lowest BCUT2D eigenvalue weighted by Crippen LogP contribution is -2.33. The Morgan fingerprint density at radius 1 is 1.16 bits per heavy atom. The van der Waals surface area contributed by atoms with Crippen LogP contribution in [0.1, 0.15) is 17.4 Å². The van der Waals surface area contributed by atoms with Crippen LogP contribution in [0.15, 0.2) is 40.9 Å². The molecule has 0 aliphatic carbocycles. The molecule has 1 aromatic carbocycles. The minimum Gasteiger partial charge on any atom is -0.436 e. The highest BCUT2D eigenvalue weighted by atomic mass is 19.4. The molecule has 1 atom stereocenters. The van der Waals surface area contributed by atoms with E-state index in [0.29, 0.717) is 23.3 Å². The number of nitrogens with one attached hydrogen (secondary N) is 1. The zero-order valence-corrected chi connectivity index (χ0v) is 13.0. The van der Waals surface area contributed by atoms with Crippen LogP contribution in [-0.2, 0) is 10.9 Å². The van der Waals surface area contributed by atoms with Gasteiger partial charge in [0.2, 0.25) is 5.89 Å². The third-order valence-corrected chi connectivity index (χ3v) is 4.01. The number of benzene rings is 1. The monoisotopic (exact) mass is 349 g/mol. The van der Waals surface area contributed by atoms with Crippen LogP contribution in [0.3, 0.4) is 0 Å². The quantitative estimate of drug-likeness (QED) is 0.766. The van der Waals surface area contributed by atoms with Crippen molar-refractivity contribution in [2.24, 2.45) is 0 Å². The molecular formula is C17H14F3N3O2. The minimum atomic E-state index is -4.47. The molecule has 2 aromatic heterocycles. The number of alkyl halides is 3. The van der Waals surface area contributed by atoms with E-state index in [1.54, 1.807) is 0 Å². The molecule has 1 saturated heterocycles. The van der Waals surface area contributed by atoms with Gasteiger partial charge < -0.3 is 14.5 Å². The normalized spacial score (nSPS) is 18.6. The summed E-state index contributed by atoms with van der Waals surface area (Å²) in [6, 6.07) is 7.79. The fraction of sp³-hybridized carbons (Fsp3) is 0.294. The Kier molecular flexibility index (Phi) is 3.93. The minimum absolute atomic E-state index is 0.0561. The predicted molar refractivity (Wildman–Crippen MR) is 83.8 cm³/mol. The van der Waals surface area contributed by atoms with Crippen LogP contribution in [0.2, 0.25) is 0 Å². The Morgan fingerprint density at radius 3 is 2.72 bits per heavy atom. The number of ether oxygens (including phenoxy) is 1. The van der Waals surface area contributed by atoms with Crippen molar-refractivity contribution in [1.29, 1.82) is 0 Å². The Labute approximate surface area is 140 Å². The van der Waals surface area contributed by atoms with Gasteiger partial charge in [0.05, 0.1) is 18.3 Å². The third kappa shape index (κ3) is 3.22. The number of halogens is 3. The van der Waals surface area contributed by atoms with Gasteiger partial charge in [0.15, 0.2) is 5.58 Å². The first-order chi connectivity index (χ1) is 12.0. The summed E-state index contributed by atoms with van der Waals surface area (Å²) < 4.78 is 49.2. The molecule has 1 N–H and O–H groups in total. The molecule has 8 heteroatoms. The lowest BCUT2D eigenvalue weighted by atomic mass is 10.1. The standard InChI is InChI=1S/C17H14F3N3O2/c18-17(19,20)15-4-2-11(8-22-15)16-23-12-3-1-10(7-13(12)25-16)14-9-21-5-6-24-14/h1-4,7-8,14,21H,5-6,9H2. The number of oxazole rings is 1. The molecule has 1 fully saturated rings. The van der Waals surface area contributed by atoms with Crippen molar-refractivity contribution in [3.05, 3.63) is 47.8 Å². The summed E-state index contributed by atoms with van der Waals surface area (Å²) in [5, 5.41) is 3.26. The van der Waals surface area contributed by atoms with Gasteiger partial charge in [0.1, 0.15) is 11.2 Å². The average Bonchev–Trinajstić information content (AvgIpc) is 3.05. The van der Waals surface area contributed by atoms with E-state index in [0.717, 1.165) is 30.9 Å². The molecule has 3 aromatic rings. The van der Waals surface area contributed by atoms with Gasteiger partial charge in [-0.05, 0) is 29.8 Å². The van der Waals surface area contributed by atoms with Gasteiger partial charge in [-0.3, -0.25) is 4.98 Å². The summed E-state index contributed by atoms with van der Waals surface area (Å²) in [4.78, 5) is 7.75. The Morgan fingerprint density at radius 2 is 2.04 bits per heavy atom. The van der Waals surface area contributed by atoms with E-state index in [1.165, 1.54) is 6.07 Å². The van der Waals surface area contributed by atoms with Crippen LogP contribution >= 0.6 is 0 Å². The highest BCUT2D eigenvalue weighted by Crippen LogP contribution is 2.30. The second-order valence-corrected chi connectivity index (χ2v) is 5.74. The molecule has 0 radical (unpaired) electrons. The first-order valence-corrected chi connectivity index (χ1v) is 7.77. The highest BCUT2D eigenvalue weighted by Gasteiger charge is 2.32. The number of fused-ring (bicyclic) bond motifs is 1. The van der Waals surface area contributed by atoms with E-state index in [2.05, 4.69) is 15.3 Å². The summed E-state index contributed by atoms with van der Waals surface area (Å²) >= 11 is 0. The Balaban J connectivity index is 1.64. The molecule has 0 bridgehead atoms. The molecule has 0 amide bonds. The zero-order chi connectivity index (χ0) is 17.4. The molecule has 0 saturated carbocycles. The SMILES string of the molecule is FC(F)(F)c1ccc(-c2nc3ccc(C4CNCCO4)cc3o2)cn1. The van der Waals surface area contributed by atoms with Crippen LogP contribution in [0.5, 0.6) is 0 Å². The summed E-state index contributed by atoms with van der Waals surface area (Å²) in [7, 11) is 0. The smallest absolute Gasteiger partial charge is 0.433 e. The van der Waals surface area contributed by atoms with Crippen molar-refractivity contribution in [2.75, 3.05) is 19.7 Å². The lowest BCUT2D eigenvalue weighted by Gasteiger charge is -2.23. The van der Waals surface area contributed by atoms with Gasteiger partial charge in [0, 0.05) is 19.3 Å². The van der Waals surface area contributed by atoms with Gasteiger partial charge in [0.25, 0.3) is 0 Å². The van der Waals surface area contributed by atoms with Gasteiger partial charge in [-0.15, -0.1) is 0 Å². The second-order valence-electron chi connectivity index (χ2n) is 5.74. The van der Waals surface area contributed by atoms with Crippen LogP contribution in [0.4, 0.5) is 13.2 Å². The van der Waals surface area contributed by atoms with Crippen LogP contribution < -0.4 is 5.32 Å². The molecule has 0 spiro atoms. The summed E-state index contributed by atoms with van der Waals surface area (Å²) in [6.07, 6.45) is -3.41. The lowest BCUT2D eigenvalue weighted by molar-refractivity contribution is -0.141. The number of pyridine rings is 1. The number of hydrogen-bond donors (Lipinski definition) is 1. The molecule has 5 nitrogen and oxygen atoms in total. The fourth-order valence-corrected chi connectivity index (χ4v) is 2.73. The number of morpholine rings is 1. The summed E-state index contributed by atoms with van der Waals surface area (Å²) in [5.41, 5.74) is 1.59. The molecule has 1 unspecified atom stereocenters. The van der Waals surface area contributed by atoms with Crippen molar-refractivity contribution in [3.63, 3.8) is 0 Å². The molecular weight excluding hydrogens is 335 g/mol. The number of rotatable bonds is 2. The van der Waals surface area contributed by atoms with Gasteiger partial charge in [-0.1, -0.05) is 6.07 Å². The first-order valence-electron chi connectivity index (χ1n) is 7.77. The highest BCUT2D eigenvalue weighted by molar-refractivity contribution is 5.76. The van der Waals surface area contributed by atoms with E-state index in [1.807, 2.05) is 18.2 Å². The van der Waals surface area contributed by atoms with E-state index in [9.17, 15) is 13.2 Å². The van der Waals surface area contributed by atoms with Crippen molar-refractivity contribution in [2.45, 2.75) is 12.3 Å². The fourth-order valence-electron chi connectivity index (χ4n) is 2.73. The summed E-state index contributed by atoms with van der Waals surface area (Å²) in [5.74, 6) is 0.232. The molecule has 25 heavy (non-hydrogen) atoms. The first kappa shape index (κ1) is 16.0. The Bertz CT molecular complexity index is 884. The van der Waals surface area contributed by atoms with Crippen molar-refractivity contribution >= 4 is 11.1 Å². The van der Waals surface area contributed by atoms with Crippen LogP contribution in [-0.4, -0.2) is 29.7 Å². The van der Waals surface area contributed by atoms with E-state index < -0.39 is 11.9 Å². The predicted octanol–water partition coefficient (Wildman–Crippen LogP) is 3.57. The van der Waals surface area contributed by atoms with E-state index >= 15 is 0 Å². The number of aromatic nitrogens is 2. The number of hydrogen-bond acceptors (Lipinski definition) is 5. The van der Waals surface area contributed by atoms with Crippen LogP contribution in [0, 0.1) is 0 Å². The zero-order valence-electron chi connectivity index (χ0n) is 13.0. The Hall–Kier alpha value is -2.45. The average molecular weight is 349 g/mol. The third-order valence-electron chi connectivity index (χ3n) is 4.01. The van der Waals surface area contributed by atoms with Gasteiger partial charge in [-0.2, -0.15) is 13.2 Å². The maximum atomic E-state index is 12.6. The summed E-state index contributed by atoms with van der Waals surface area (Å²) in [6.45, 7) is 2.18. The largest absolute Gasteiger partial charge is 0.436 e. The molecule has 1 aliphatic rings. The second kappa shape index (κ2) is 6.12. The van der Waals surface area contributed by atoms with Crippen LogP contribution in [0.25, 0.3) is 22.6 Å².